The lowest BCUT2D eigenvalue weighted by molar-refractivity contribution is -0.138. The predicted molar refractivity (Wildman–Crippen MR) is 108 cm³/mol. The van der Waals surface area contributed by atoms with Gasteiger partial charge in [-0.25, -0.2) is 0 Å². The molecule has 6 nitrogen and oxygen atoms in total. The Morgan fingerprint density at radius 2 is 1.94 bits per heavy atom. The molecule has 0 unspecified atom stereocenters. The standard InChI is InChI=1S/C22H18F3N3O3/c1-28(10-4-6-14-5-2-3-7-16(14)22(23,24)25)21(31)18-15-11-13(12-26)8-9-17(15)27-20(30)19(18)29/h2-3,5,7-9,11,29H,4,6,10H2,1H3,(H,27,30). The molecule has 0 radical (unpaired) electrons. The first-order valence-electron chi connectivity index (χ1n) is 9.33. The number of aromatic nitrogens is 1. The number of hydrogen-bond donors (Lipinski definition) is 2. The molecule has 0 aliphatic carbocycles. The topological polar surface area (TPSA) is 97.2 Å². The third-order valence-electron chi connectivity index (χ3n) is 4.94. The summed E-state index contributed by atoms with van der Waals surface area (Å²) in [6.45, 7) is 0.0939. The van der Waals surface area contributed by atoms with Crippen LogP contribution in [0.3, 0.4) is 0 Å². The Morgan fingerprint density at radius 1 is 1.23 bits per heavy atom. The quantitative estimate of drug-likeness (QED) is 0.644. The molecule has 0 atom stereocenters. The van der Waals surface area contributed by atoms with E-state index in [0.29, 0.717) is 0 Å². The minimum absolute atomic E-state index is 0.0913. The van der Waals surface area contributed by atoms with Gasteiger partial charge in [-0.15, -0.1) is 0 Å². The van der Waals surface area contributed by atoms with Crippen LogP contribution in [0.4, 0.5) is 13.2 Å². The molecule has 2 aromatic carbocycles. The summed E-state index contributed by atoms with van der Waals surface area (Å²) in [6, 6.07) is 11.5. The average Bonchev–Trinajstić information content (AvgIpc) is 2.73. The van der Waals surface area contributed by atoms with Crippen LogP contribution < -0.4 is 5.56 Å². The number of benzene rings is 2. The van der Waals surface area contributed by atoms with Crippen molar-refractivity contribution in [3.63, 3.8) is 0 Å². The molecule has 0 saturated carbocycles. The number of aromatic hydroxyl groups is 1. The van der Waals surface area contributed by atoms with E-state index in [0.717, 1.165) is 6.07 Å². The Labute approximate surface area is 175 Å². The van der Waals surface area contributed by atoms with E-state index in [1.165, 1.54) is 48.3 Å². The number of rotatable bonds is 5. The summed E-state index contributed by atoms with van der Waals surface area (Å²) in [5.41, 5.74) is -1.19. The smallest absolute Gasteiger partial charge is 0.416 e. The fraction of sp³-hybridized carbons (Fsp3) is 0.227. The Morgan fingerprint density at radius 3 is 2.61 bits per heavy atom. The molecule has 1 heterocycles. The van der Waals surface area contributed by atoms with Crippen molar-refractivity contribution >= 4 is 16.8 Å². The highest BCUT2D eigenvalue weighted by Gasteiger charge is 2.32. The molecule has 0 saturated heterocycles. The third kappa shape index (κ3) is 4.53. The SMILES string of the molecule is CN(CCCc1ccccc1C(F)(F)F)C(=O)c1c(O)c(=O)[nH]c2ccc(C#N)cc12. The molecular formula is C22H18F3N3O3. The van der Waals surface area contributed by atoms with Crippen molar-refractivity contribution in [2.24, 2.45) is 0 Å². The van der Waals surface area contributed by atoms with Crippen LogP contribution in [0.25, 0.3) is 10.9 Å². The average molecular weight is 429 g/mol. The number of hydrogen-bond acceptors (Lipinski definition) is 4. The molecule has 9 heteroatoms. The molecule has 0 aliphatic heterocycles. The molecule has 1 aromatic heterocycles. The number of halogens is 3. The van der Waals surface area contributed by atoms with E-state index in [9.17, 15) is 27.9 Å². The zero-order valence-electron chi connectivity index (χ0n) is 16.5. The molecule has 160 valence electrons. The number of aryl methyl sites for hydroxylation is 1. The van der Waals surface area contributed by atoms with Crippen LogP contribution in [0.5, 0.6) is 5.75 Å². The van der Waals surface area contributed by atoms with Crippen LogP contribution in [-0.4, -0.2) is 34.5 Å². The number of nitriles is 1. The van der Waals surface area contributed by atoms with Crippen LogP contribution in [0.15, 0.2) is 47.3 Å². The number of alkyl halides is 3. The number of carbonyl (C=O) groups excluding carboxylic acids is 1. The van der Waals surface area contributed by atoms with Crippen molar-refractivity contribution in [2.75, 3.05) is 13.6 Å². The second-order valence-corrected chi connectivity index (χ2v) is 7.04. The molecular weight excluding hydrogens is 411 g/mol. The molecule has 0 aliphatic rings. The van der Waals surface area contributed by atoms with E-state index in [-0.39, 0.29) is 47.0 Å². The van der Waals surface area contributed by atoms with Crippen molar-refractivity contribution in [2.45, 2.75) is 19.0 Å². The van der Waals surface area contributed by atoms with E-state index in [1.54, 1.807) is 0 Å². The lowest BCUT2D eigenvalue weighted by Crippen LogP contribution is -2.29. The summed E-state index contributed by atoms with van der Waals surface area (Å²) < 4.78 is 39.4. The second kappa shape index (κ2) is 8.52. The van der Waals surface area contributed by atoms with Crippen LogP contribution in [-0.2, 0) is 12.6 Å². The van der Waals surface area contributed by atoms with Crippen molar-refractivity contribution in [3.8, 4) is 11.8 Å². The van der Waals surface area contributed by atoms with Gasteiger partial charge in [0.1, 0.15) is 0 Å². The number of fused-ring (bicyclic) bond motifs is 1. The zero-order chi connectivity index (χ0) is 22.8. The molecule has 0 spiro atoms. The summed E-state index contributed by atoms with van der Waals surface area (Å²) >= 11 is 0. The van der Waals surface area contributed by atoms with Gasteiger partial charge >= 0.3 is 6.18 Å². The Kier molecular flexibility index (Phi) is 6.02. The molecule has 3 aromatic rings. The molecule has 1 amide bonds. The van der Waals surface area contributed by atoms with Gasteiger partial charge in [-0.3, -0.25) is 9.59 Å². The van der Waals surface area contributed by atoms with Gasteiger partial charge in [0.15, 0.2) is 5.75 Å². The van der Waals surface area contributed by atoms with Gasteiger partial charge in [-0.2, -0.15) is 18.4 Å². The van der Waals surface area contributed by atoms with E-state index in [1.807, 2.05) is 6.07 Å². The van der Waals surface area contributed by atoms with Crippen molar-refractivity contribution < 1.29 is 23.1 Å². The molecule has 3 rings (SSSR count). The molecule has 31 heavy (non-hydrogen) atoms. The summed E-state index contributed by atoms with van der Waals surface area (Å²) in [6.07, 6.45) is -4.14. The fourth-order valence-electron chi connectivity index (χ4n) is 3.38. The number of pyridine rings is 1. The first kappa shape index (κ1) is 21.9. The van der Waals surface area contributed by atoms with Crippen molar-refractivity contribution in [3.05, 3.63) is 75.1 Å². The van der Waals surface area contributed by atoms with E-state index >= 15 is 0 Å². The van der Waals surface area contributed by atoms with E-state index in [4.69, 9.17) is 5.26 Å². The minimum atomic E-state index is -4.47. The van der Waals surface area contributed by atoms with Gasteiger partial charge in [0.05, 0.1) is 22.8 Å². The highest BCUT2D eigenvalue weighted by molar-refractivity contribution is 6.08. The summed E-state index contributed by atoms with van der Waals surface area (Å²) in [7, 11) is 1.43. The number of H-pyrrole nitrogens is 1. The number of nitrogens with zero attached hydrogens (tertiary/aromatic N) is 2. The highest BCUT2D eigenvalue weighted by Crippen LogP contribution is 2.32. The largest absolute Gasteiger partial charge is 0.502 e. The lowest BCUT2D eigenvalue weighted by atomic mass is 10.0. The van der Waals surface area contributed by atoms with Crippen LogP contribution in [0, 0.1) is 11.3 Å². The zero-order valence-corrected chi connectivity index (χ0v) is 16.5. The van der Waals surface area contributed by atoms with Gasteiger partial charge in [0, 0.05) is 24.5 Å². The lowest BCUT2D eigenvalue weighted by Gasteiger charge is -2.19. The number of aromatic amines is 1. The van der Waals surface area contributed by atoms with Gasteiger partial charge in [-0.05, 0) is 42.7 Å². The van der Waals surface area contributed by atoms with Crippen molar-refractivity contribution in [1.29, 1.82) is 5.26 Å². The minimum Gasteiger partial charge on any atom is -0.502 e. The Balaban J connectivity index is 1.83. The fourth-order valence-corrected chi connectivity index (χ4v) is 3.38. The van der Waals surface area contributed by atoms with Crippen molar-refractivity contribution in [1.82, 2.24) is 9.88 Å². The van der Waals surface area contributed by atoms with Crippen LogP contribution in [0.2, 0.25) is 0 Å². The summed E-state index contributed by atoms with van der Waals surface area (Å²) in [4.78, 5) is 28.6. The third-order valence-corrected chi connectivity index (χ3v) is 4.94. The van der Waals surface area contributed by atoms with Gasteiger partial charge in [0.2, 0.25) is 0 Å². The summed E-state index contributed by atoms with van der Waals surface area (Å²) in [5, 5.41) is 19.5. The monoisotopic (exact) mass is 429 g/mol. The van der Waals surface area contributed by atoms with Gasteiger partial charge < -0.3 is 15.0 Å². The van der Waals surface area contributed by atoms with E-state index in [2.05, 4.69) is 4.98 Å². The van der Waals surface area contributed by atoms with E-state index < -0.39 is 29.0 Å². The molecule has 0 fully saturated rings. The molecule has 2 N–H and O–H groups in total. The Hall–Kier alpha value is -3.80. The second-order valence-electron chi connectivity index (χ2n) is 7.04. The number of nitrogens with one attached hydrogen (secondary N) is 1. The first-order valence-corrected chi connectivity index (χ1v) is 9.33. The maximum Gasteiger partial charge on any atom is 0.416 e. The summed E-state index contributed by atoms with van der Waals surface area (Å²) in [5.74, 6) is -1.45. The number of carbonyl (C=O) groups is 1. The Bertz CT molecular complexity index is 1240. The van der Waals surface area contributed by atoms with Crippen LogP contribution >= 0.6 is 0 Å². The number of amides is 1. The first-order chi connectivity index (χ1) is 14.6. The maximum absolute atomic E-state index is 13.1. The highest BCUT2D eigenvalue weighted by atomic mass is 19.4. The maximum atomic E-state index is 13.1. The van der Waals surface area contributed by atoms with Gasteiger partial charge in [-0.1, -0.05) is 18.2 Å². The van der Waals surface area contributed by atoms with Crippen LogP contribution in [0.1, 0.15) is 33.5 Å². The molecule has 0 bridgehead atoms. The predicted octanol–water partition coefficient (Wildman–Crippen LogP) is 3.83. The normalized spacial score (nSPS) is 11.3. The van der Waals surface area contributed by atoms with Gasteiger partial charge in [0.25, 0.3) is 11.5 Å².